The van der Waals surface area contributed by atoms with Crippen molar-refractivity contribution in [1.82, 2.24) is 15.1 Å². The molecule has 3 aliphatic rings. The Morgan fingerprint density at radius 1 is 0.811 bits per heavy atom. The number of rotatable bonds is 13. The molecule has 3 aliphatic heterocycles. The summed E-state index contributed by atoms with van der Waals surface area (Å²) in [5.41, 5.74) is 9.78. The van der Waals surface area contributed by atoms with Crippen molar-refractivity contribution in [1.29, 1.82) is 0 Å². The number of benzene rings is 4. The minimum Gasteiger partial charge on any atom is -0.508 e. The highest BCUT2D eigenvalue weighted by atomic mass is 16.3. The summed E-state index contributed by atoms with van der Waals surface area (Å²) in [7, 11) is 0. The zero-order chi connectivity index (χ0) is 36.7. The molecular weight excluding hydrogens is 663 g/mol. The van der Waals surface area contributed by atoms with Gasteiger partial charge in [0, 0.05) is 62.6 Å². The number of piperazine rings is 1. The molecule has 0 spiro atoms. The zero-order valence-corrected chi connectivity index (χ0v) is 30.5. The summed E-state index contributed by atoms with van der Waals surface area (Å²) in [6, 6.07) is 32.3. The van der Waals surface area contributed by atoms with E-state index in [1.807, 2.05) is 30.3 Å². The number of phenolic OH excluding ortho intramolecular Hbond substituents is 1. The van der Waals surface area contributed by atoms with E-state index in [0.717, 1.165) is 81.8 Å². The highest BCUT2D eigenvalue weighted by Crippen LogP contribution is 2.36. The number of phenols is 1. The standard InChI is InChI=1S/C44H49N5O4/c1-2-38(31-9-5-3-6-10-31)42(33-13-18-37(50)19-14-33)32-11-16-36(17-12-32)48-27-25-47(26-28-48)24-8-4-7-23-45-35-15-20-39-34(29-35)30-49(44(39)53)40-21-22-41(51)46-43(40)52/h3,5-6,9-20,29,40,45,50H,2,4,7-8,21-28,30H2,1H3,(H,46,51,52). The first-order chi connectivity index (χ1) is 25.9. The first kappa shape index (κ1) is 36.0. The summed E-state index contributed by atoms with van der Waals surface area (Å²) in [5.74, 6) is -0.527. The highest BCUT2D eigenvalue weighted by Gasteiger charge is 2.39. The summed E-state index contributed by atoms with van der Waals surface area (Å²) < 4.78 is 0. The number of nitrogens with zero attached hydrogens (tertiary/aromatic N) is 3. The number of nitrogens with one attached hydrogen (secondary N) is 2. The number of carbonyl (C=O) groups is 3. The summed E-state index contributed by atoms with van der Waals surface area (Å²) in [4.78, 5) is 43.5. The van der Waals surface area contributed by atoms with E-state index in [2.05, 4.69) is 82.0 Å². The monoisotopic (exact) mass is 711 g/mol. The summed E-state index contributed by atoms with van der Waals surface area (Å²) in [6.45, 7) is 8.68. The van der Waals surface area contributed by atoms with Crippen LogP contribution in [-0.4, -0.2) is 77.9 Å². The molecule has 2 fully saturated rings. The number of anilines is 2. The van der Waals surface area contributed by atoms with Crippen molar-refractivity contribution < 1.29 is 19.5 Å². The maximum atomic E-state index is 13.0. The lowest BCUT2D eigenvalue weighted by atomic mass is 9.88. The zero-order valence-electron chi connectivity index (χ0n) is 30.5. The van der Waals surface area contributed by atoms with Gasteiger partial charge in [0.1, 0.15) is 11.8 Å². The molecular formula is C44H49N5O4. The Bertz CT molecular complexity index is 1950. The number of hydrogen-bond donors (Lipinski definition) is 3. The van der Waals surface area contributed by atoms with Crippen molar-refractivity contribution in [2.75, 3.05) is 49.5 Å². The van der Waals surface area contributed by atoms with Gasteiger partial charge in [-0.3, -0.25) is 24.6 Å². The minimum absolute atomic E-state index is 0.141. The Labute approximate surface area is 312 Å². The predicted octanol–water partition coefficient (Wildman–Crippen LogP) is 6.93. The van der Waals surface area contributed by atoms with Crippen LogP contribution in [0.25, 0.3) is 11.1 Å². The molecule has 4 aromatic rings. The first-order valence-electron chi connectivity index (χ1n) is 19.0. The van der Waals surface area contributed by atoms with Crippen molar-refractivity contribution in [3.05, 3.63) is 125 Å². The van der Waals surface area contributed by atoms with Gasteiger partial charge in [0.15, 0.2) is 0 Å². The number of hydrogen-bond acceptors (Lipinski definition) is 7. The molecule has 3 amide bonds. The van der Waals surface area contributed by atoms with E-state index in [1.54, 1.807) is 17.0 Å². The number of unbranched alkanes of at least 4 members (excludes halogenated alkanes) is 2. The molecule has 1 unspecified atom stereocenters. The third-order valence-electron chi connectivity index (χ3n) is 10.8. The van der Waals surface area contributed by atoms with E-state index in [9.17, 15) is 19.5 Å². The van der Waals surface area contributed by atoms with Crippen LogP contribution in [0.1, 0.15) is 78.1 Å². The van der Waals surface area contributed by atoms with Crippen LogP contribution >= 0.6 is 0 Å². The van der Waals surface area contributed by atoms with Gasteiger partial charge in [-0.25, -0.2) is 0 Å². The van der Waals surface area contributed by atoms with E-state index >= 15 is 0 Å². The van der Waals surface area contributed by atoms with E-state index in [4.69, 9.17) is 0 Å². The van der Waals surface area contributed by atoms with Crippen molar-refractivity contribution >= 4 is 40.2 Å². The van der Waals surface area contributed by atoms with Gasteiger partial charge in [0.05, 0.1) is 0 Å². The topological polar surface area (TPSA) is 105 Å². The van der Waals surface area contributed by atoms with E-state index in [1.165, 1.54) is 28.0 Å². The van der Waals surface area contributed by atoms with Crippen LogP contribution in [0.2, 0.25) is 0 Å². The molecule has 0 aromatic heterocycles. The molecule has 53 heavy (non-hydrogen) atoms. The average Bonchev–Trinajstić information content (AvgIpc) is 3.51. The Morgan fingerprint density at radius 2 is 1.53 bits per heavy atom. The number of piperidine rings is 1. The quantitative estimate of drug-likeness (QED) is 0.0786. The molecule has 3 heterocycles. The lowest BCUT2D eigenvalue weighted by molar-refractivity contribution is -0.136. The molecule has 0 saturated carbocycles. The first-order valence-corrected chi connectivity index (χ1v) is 19.0. The number of aromatic hydroxyl groups is 1. The second-order valence-corrected chi connectivity index (χ2v) is 14.3. The van der Waals surface area contributed by atoms with Gasteiger partial charge in [-0.2, -0.15) is 0 Å². The third-order valence-corrected chi connectivity index (χ3v) is 10.8. The fourth-order valence-electron chi connectivity index (χ4n) is 7.93. The Morgan fingerprint density at radius 3 is 2.23 bits per heavy atom. The van der Waals surface area contributed by atoms with Gasteiger partial charge >= 0.3 is 0 Å². The van der Waals surface area contributed by atoms with Crippen LogP contribution in [0.15, 0.2) is 97.1 Å². The Hall–Kier alpha value is -5.41. The van der Waals surface area contributed by atoms with Crippen LogP contribution in [0.4, 0.5) is 11.4 Å². The van der Waals surface area contributed by atoms with E-state index < -0.39 is 6.04 Å². The second kappa shape index (κ2) is 16.5. The van der Waals surface area contributed by atoms with Crippen LogP contribution in [0.3, 0.4) is 0 Å². The SMILES string of the molecule is CCC(=C(c1ccc(O)cc1)c1ccc(N2CCN(CCCCCNc3ccc4c(c3)CN(C3CCC(=O)NC3=O)C4=O)CC2)cc1)c1ccccc1. The van der Waals surface area contributed by atoms with Gasteiger partial charge in [-0.05, 0) is 108 Å². The molecule has 9 nitrogen and oxygen atoms in total. The number of imide groups is 1. The molecule has 0 bridgehead atoms. The van der Waals surface area contributed by atoms with Crippen LogP contribution < -0.4 is 15.5 Å². The van der Waals surface area contributed by atoms with Crippen molar-refractivity contribution in [2.45, 2.75) is 58.0 Å². The lowest BCUT2D eigenvalue weighted by Gasteiger charge is -2.36. The van der Waals surface area contributed by atoms with Crippen molar-refractivity contribution in [2.24, 2.45) is 0 Å². The Balaban J connectivity index is 0.860. The number of fused-ring (bicyclic) bond motifs is 1. The fourth-order valence-corrected chi connectivity index (χ4v) is 7.93. The molecule has 4 aromatic carbocycles. The van der Waals surface area contributed by atoms with Gasteiger partial charge in [0.25, 0.3) is 5.91 Å². The molecule has 274 valence electrons. The predicted molar refractivity (Wildman–Crippen MR) is 211 cm³/mol. The molecule has 9 heteroatoms. The van der Waals surface area contributed by atoms with Crippen molar-refractivity contribution in [3.8, 4) is 5.75 Å². The molecule has 2 saturated heterocycles. The Kier molecular flexibility index (Phi) is 11.2. The van der Waals surface area contributed by atoms with Crippen LogP contribution in [-0.2, 0) is 16.1 Å². The van der Waals surface area contributed by atoms with Gasteiger partial charge in [0.2, 0.25) is 11.8 Å². The largest absolute Gasteiger partial charge is 0.508 e. The second-order valence-electron chi connectivity index (χ2n) is 14.3. The molecule has 7 rings (SSSR count). The fraction of sp³-hybridized carbons (Fsp3) is 0.341. The maximum Gasteiger partial charge on any atom is 0.255 e. The van der Waals surface area contributed by atoms with Crippen LogP contribution in [0.5, 0.6) is 5.75 Å². The molecule has 0 aliphatic carbocycles. The van der Waals surface area contributed by atoms with E-state index in [0.29, 0.717) is 18.5 Å². The van der Waals surface area contributed by atoms with Crippen LogP contribution in [0, 0.1) is 0 Å². The third kappa shape index (κ3) is 8.31. The maximum absolute atomic E-state index is 13.0. The van der Waals surface area contributed by atoms with E-state index in [-0.39, 0.29) is 29.9 Å². The lowest BCUT2D eigenvalue weighted by Crippen LogP contribution is -2.52. The average molecular weight is 712 g/mol. The molecule has 1 atom stereocenters. The number of carbonyl (C=O) groups excluding carboxylic acids is 3. The molecule has 0 radical (unpaired) electrons. The molecule has 3 N–H and O–H groups in total. The summed E-state index contributed by atoms with van der Waals surface area (Å²) in [6.07, 6.45) is 4.89. The number of amides is 3. The smallest absolute Gasteiger partial charge is 0.255 e. The van der Waals surface area contributed by atoms with Gasteiger partial charge in [-0.15, -0.1) is 0 Å². The summed E-state index contributed by atoms with van der Waals surface area (Å²) >= 11 is 0. The normalized spacial score (nSPS) is 18.1. The highest BCUT2D eigenvalue weighted by molar-refractivity contribution is 6.05. The number of allylic oxidation sites excluding steroid dienone is 1. The van der Waals surface area contributed by atoms with Gasteiger partial charge < -0.3 is 20.2 Å². The van der Waals surface area contributed by atoms with Crippen molar-refractivity contribution in [3.63, 3.8) is 0 Å². The van der Waals surface area contributed by atoms with Gasteiger partial charge in [-0.1, -0.05) is 67.9 Å². The summed E-state index contributed by atoms with van der Waals surface area (Å²) in [5, 5.41) is 15.8. The minimum atomic E-state index is -0.590.